The van der Waals surface area contributed by atoms with Crippen LogP contribution in [0.1, 0.15) is 34.6 Å². The van der Waals surface area contributed by atoms with Crippen LogP contribution >= 0.6 is 0 Å². The standard InChI is InChI=1S/C28H33N3O/c1-30-15-17-31(18-16-30)22-24-10-8-9-23(19-24)21-29-28(32)20-27(25-11-4-2-5-12-25)26-13-6-3-7-14-26/h2-14,19,27H,15-18,20-22H2,1H3,(H,29,32). The molecule has 1 heterocycles. The van der Waals surface area contributed by atoms with Crippen LogP contribution in [0, 0.1) is 0 Å². The first-order valence-electron chi connectivity index (χ1n) is 11.5. The number of likely N-dealkylation sites (N-methyl/N-ethyl adjacent to an activating group) is 1. The number of nitrogens with one attached hydrogen (secondary N) is 1. The van der Waals surface area contributed by atoms with E-state index in [0.717, 1.165) is 38.3 Å². The number of amides is 1. The first kappa shape index (κ1) is 22.3. The molecule has 166 valence electrons. The van der Waals surface area contributed by atoms with E-state index in [0.29, 0.717) is 13.0 Å². The van der Waals surface area contributed by atoms with Crippen molar-refractivity contribution < 1.29 is 4.79 Å². The number of rotatable bonds is 8. The molecule has 3 aromatic rings. The second-order valence-electron chi connectivity index (χ2n) is 8.75. The quantitative estimate of drug-likeness (QED) is 0.583. The molecule has 4 heteroatoms. The number of benzene rings is 3. The number of nitrogens with zero attached hydrogens (tertiary/aromatic N) is 2. The maximum atomic E-state index is 12.9. The molecular formula is C28H33N3O. The zero-order valence-electron chi connectivity index (χ0n) is 18.9. The number of hydrogen-bond donors (Lipinski definition) is 1. The van der Waals surface area contributed by atoms with Gasteiger partial charge in [0.25, 0.3) is 0 Å². The van der Waals surface area contributed by atoms with Gasteiger partial charge >= 0.3 is 0 Å². The van der Waals surface area contributed by atoms with Crippen LogP contribution in [0.2, 0.25) is 0 Å². The fourth-order valence-corrected chi connectivity index (χ4v) is 4.36. The molecule has 3 aromatic carbocycles. The van der Waals surface area contributed by atoms with Gasteiger partial charge in [0.1, 0.15) is 0 Å². The van der Waals surface area contributed by atoms with Crippen molar-refractivity contribution in [2.75, 3.05) is 33.2 Å². The Morgan fingerprint density at radius 2 is 1.41 bits per heavy atom. The lowest BCUT2D eigenvalue weighted by Gasteiger charge is -2.32. The maximum Gasteiger partial charge on any atom is 0.221 e. The highest BCUT2D eigenvalue weighted by Gasteiger charge is 2.18. The van der Waals surface area contributed by atoms with Crippen LogP contribution in [0.25, 0.3) is 0 Å². The zero-order valence-corrected chi connectivity index (χ0v) is 18.9. The van der Waals surface area contributed by atoms with E-state index in [1.165, 1.54) is 16.7 Å². The van der Waals surface area contributed by atoms with Crippen molar-refractivity contribution in [3.05, 3.63) is 107 Å². The Labute approximate surface area is 191 Å². The van der Waals surface area contributed by atoms with Gasteiger partial charge in [-0.3, -0.25) is 9.69 Å². The second-order valence-corrected chi connectivity index (χ2v) is 8.75. The molecule has 0 saturated carbocycles. The van der Waals surface area contributed by atoms with Gasteiger partial charge < -0.3 is 10.2 Å². The Hall–Kier alpha value is -2.95. The summed E-state index contributed by atoms with van der Waals surface area (Å²) in [7, 11) is 2.18. The fraction of sp³-hybridized carbons (Fsp3) is 0.321. The molecule has 0 aromatic heterocycles. The monoisotopic (exact) mass is 427 g/mol. The van der Waals surface area contributed by atoms with Crippen molar-refractivity contribution in [1.82, 2.24) is 15.1 Å². The van der Waals surface area contributed by atoms with Gasteiger partial charge in [-0.15, -0.1) is 0 Å². The van der Waals surface area contributed by atoms with Crippen LogP contribution < -0.4 is 5.32 Å². The number of hydrogen-bond acceptors (Lipinski definition) is 3. The molecule has 1 fully saturated rings. The van der Waals surface area contributed by atoms with Crippen LogP contribution in [-0.4, -0.2) is 48.9 Å². The average molecular weight is 428 g/mol. The van der Waals surface area contributed by atoms with E-state index in [1.807, 2.05) is 36.4 Å². The van der Waals surface area contributed by atoms with Gasteiger partial charge in [-0.2, -0.15) is 0 Å². The Morgan fingerprint density at radius 1 is 0.812 bits per heavy atom. The lowest BCUT2D eigenvalue weighted by molar-refractivity contribution is -0.121. The van der Waals surface area contributed by atoms with Crippen molar-refractivity contribution in [3.8, 4) is 0 Å². The van der Waals surface area contributed by atoms with Gasteiger partial charge in [0, 0.05) is 51.6 Å². The summed E-state index contributed by atoms with van der Waals surface area (Å²) in [6.07, 6.45) is 0.439. The summed E-state index contributed by atoms with van der Waals surface area (Å²) in [6.45, 7) is 6.00. The smallest absolute Gasteiger partial charge is 0.221 e. The summed E-state index contributed by atoms with van der Waals surface area (Å²) in [5, 5.41) is 3.15. The van der Waals surface area contributed by atoms with Crippen LogP contribution in [0.3, 0.4) is 0 Å². The van der Waals surface area contributed by atoms with E-state index in [2.05, 4.69) is 70.7 Å². The molecule has 1 N–H and O–H groups in total. The summed E-state index contributed by atoms with van der Waals surface area (Å²) in [5.41, 5.74) is 4.81. The number of carbonyl (C=O) groups excluding carboxylic acids is 1. The molecule has 0 unspecified atom stereocenters. The van der Waals surface area contributed by atoms with Crippen LogP contribution in [-0.2, 0) is 17.9 Å². The molecule has 1 aliphatic rings. The fourth-order valence-electron chi connectivity index (χ4n) is 4.36. The van der Waals surface area contributed by atoms with Crippen LogP contribution in [0.5, 0.6) is 0 Å². The SMILES string of the molecule is CN1CCN(Cc2cccc(CNC(=O)CC(c3ccccc3)c3ccccc3)c2)CC1. The predicted molar refractivity (Wildman–Crippen MR) is 130 cm³/mol. The topological polar surface area (TPSA) is 35.6 Å². The highest BCUT2D eigenvalue weighted by molar-refractivity contribution is 5.77. The normalized spacial score (nSPS) is 15.1. The molecule has 1 amide bonds. The van der Waals surface area contributed by atoms with Crippen molar-refractivity contribution >= 4 is 5.91 Å². The van der Waals surface area contributed by atoms with Gasteiger partial charge in [0.05, 0.1) is 0 Å². The minimum absolute atomic E-state index is 0.0565. The Morgan fingerprint density at radius 3 is 2.03 bits per heavy atom. The molecule has 4 rings (SSSR count). The summed E-state index contributed by atoms with van der Waals surface area (Å²) < 4.78 is 0. The van der Waals surface area contributed by atoms with Crippen molar-refractivity contribution in [3.63, 3.8) is 0 Å². The van der Waals surface area contributed by atoms with E-state index in [1.54, 1.807) is 0 Å². The van der Waals surface area contributed by atoms with E-state index >= 15 is 0 Å². The molecule has 0 spiro atoms. The van der Waals surface area contributed by atoms with Gasteiger partial charge in [-0.1, -0.05) is 84.9 Å². The highest BCUT2D eigenvalue weighted by Crippen LogP contribution is 2.27. The maximum absolute atomic E-state index is 12.9. The van der Waals surface area contributed by atoms with E-state index in [9.17, 15) is 4.79 Å². The molecular weight excluding hydrogens is 394 g/mol. The minimum atomic E-state index is 0.0565. The molecule has 0 radical (unpaired) electrons. The highest BCUT2D eigenvalue weighted by atomic mass is 16.1. The van der Waals surface area contributed by atoms with Gasteiger partial charge in [-0.25, -0.2) is 0 Å². The van der Waals surface area contributed by atoms with Crippen molar-refractivity contribution in [1.29, 1.82) is 0 Å². The van der Waals surface area contributed by atoms with Crippen LogP contribution in [0.15, 0.2) is 84.9 Å². The molecule has 1 saturated heterocycles. The third-order valence-electron chi connectivity index (χ3n) is 6.28. The molecule has 0 aliphatic carbocycles. The zero-order chi connectivity index (χ0) is 22.2. The lowest BCUT2D eigenvalue weighted by atomic mass is 9.88. The third-order valence-corrected chi connectivity index (χ3v) is 6.28. The first-order chi connectivity index (χ1) is 15.7. The Balaban J connectivity index is 1.35. The Kier molecular flexibility index (Phi) is 7.70. The van der Waals surface area contributed by atoms with Crippen LogP contribution in [0.4, 0.5) is 0 Å². The van der Waals surface area contributed by atoms with Gasteiger partial charge in [0.15, 0.2) is 0 Å². The third kappa shape index (κ3) is 6.28. The van der Waals surface area contributed by atoms with E-state index in [-0.39, 0.29) is 11.8 Å². The van der Waals surface area contributed by atoms with E-state index < -0.39 is 0 Å². The number of piperazine rings is 1. The minimum Gasteiger partial charge on any atom is -0.352 e. The lowest BCUT2D eigenvalue weighted by Crippen LogP contribution is -2.43. The molecule has 32 heavy (non-hydrogen) atoms. The summed E-state index contributed by atoms with van der Waals surface area (Å²) >= 11 is 0. The van der Waals surface area contributed by atoms with E-state index in [4.69, 9.17) is 0 Å². The number of carbonyl (C=O) groups is 1. The molecule has 0 atom stereocenters. The second kappa shape index (κ2) is 11.1. The Bertz CT molecular complexity index is 942. The summed E-state index contributed by atoms with van der Waals surface area (Å²) in [5.74, 6) is 0.133. The van der Waals surface area contributed by atoms with Gasteiger partial charge in [0.2, 0.25) is 5.91 Å². The molecule has 0 bridgehead atoms. The predicted octanol–water partition coefficient (Wildman–Crippen LogP) is 4.27. The van der Waals surface area contributed by atoms with Crippen molar-refractivity contribution in [2.24, 2.45) is 0 Å². The first-order valence-corrected chi connectivity index (χ1v) is 11.5. The summed E-state index contributed by atoms with van der Waals surface area (Å²) in [6, 6.07) is 29.2. The summed E-state index contributed by atoms with van der Waals surface area (Å²) in [4.78, 5) is 17.8. The van der Waals surface area contributed by atoms with Gasteiger partial charge in [-0.05, 0) is 29.3 Å². The molecule has 1 aliphatic heterocycles. The van der Waals surface area contributed by atoms with Crippen molar-refractivity contribution in [2.45, 2.75) is 25.4 Å². The molecule has 4 nitrogen and oxygen atoms in total. The largest absolute Gasteiger partial charge is 0.352 e. The average Bonchev–Trinajstić information content (AvgIpc) is 2.84.